The van der Waals surface area contributed by atoms with Crippen LogP contribution >= 0.6 is 0 Å². The van der Waals surface area contributed by atoms with Crippen LogP contribution in [0.4, 0.5) is 5.69 Å². The van der Waals surface area contributed by atoms with Gasteiger partial charge in [-0.15, -0.1) is 0 Å². The van der Waals surface area contributed by atoms with E-state index in [-0.39, 0.29) is 6.10 Å². The lowest BCUT2D eigenvalue weighted by Crippen LogP contribution is -2.39. The molecule has 1 saturated heterocycles. The molecule has 114 valence electrons. The van der Waals surface area contributed by atoms with Crippen LogP contribution in [-0.2, 0) is 14.3 Å². The van der Waals surface area contributed by atoms with Gasteiger partial charge in [0.25, 0.3) is 0 Å². The lowest BCUT2D eigenvalue weighted by atomic mass is 10.2. The Labute approximate surface area is 127 Å². The number of carbonyl (C=O) groups is 2. The number of anilines is 1. The molecule has 22 heavy (non-hydrogen) atoms. The van der Waals surface area contributed by atoms with Crippen LogP contribution in [0.15, 0.2) is 36.5 Å². The average Bonchev–Trinajstić information content (AvgIpc) is 3.06. The Hall–Kier alpha value is -2.47. The topological polar surface area (TPSA) is 80.3 Å². The van der Waals surface area contributed by atoms with Crippen molar-refractivity contribution in [1.82, 2.24) is 10.3 Å². The monoisotopic (exact) mass is 299 g/mol. The van der Waals surface area contributed by atoms with Crippen molar-refractivity contribution in [2.24, 2.45) is 0 Å². The van der Waals surface area contributed by atoms with Crippen molar-refractivity contribution in [2.45, 2.75) is 18.9 Å². The molecule has 1 aromatic carbocycles. The smallest absolute Gasteiger partial charge is 0.313 e. The molecule has 6 heteroatoms. The van der Waals surface area contributed by atoms with Crippen molar-refractivity contribution < 1.29 is 14.3 Å². The number of hydrogen-bond acceptors (Lipinski definition) is 4. The van der Waals surface area contributed by atoms with E-state index in [9.17, 15) is 9.59 Å². The fourth-order valence-corrected chi connectivity index (χ4v) is 2.48. The van der Waals surface area contributed by atoms with Gasteiger partial charge in [-0.2, -0.15) is 0 Å². The number of aromatic nitrogens is 1. The summed E-state index contributed by atoms with van der Waals surface area (Å²) in [5.74, 6) is -1.34. The maximum absolute atomic E-state index is 12.0. The zero-order valence-electron chi connectivity index (χ0n) is 12.0. The lowest BCUT2D eigenvalue weighted by molar-refractivity contribution is -0.136. The summed E-state index contributed by atoms with van der Waals surface area (Å²) in [6, 6.07) is 9.02. The van der Waals surface area contributed by atoms with E-state index in [0.29, 0.717) is 12.2 Å². The van der Waals surface area contributed by atoms with Crippen molar-refractivity contribution in [3.8, 4) is 0 Å². The Balaban J connectivity index is 1.63. The van der Waals surface area contributed by atoms with Gasteiger partial charge in [0.1, 0.15) is 0 Å². The van der Waals surface area contributed by atoms with Gasteiger partial charge in [0.05, 0.1) is 17.3 Å². The molecule has 0 radical (unpaired) electrons. The standard InChI is InChI=1S/C16H17N3O3/c20-15(18-10-11-4-3-9-22-11)16(21)19-14-7-1-6-13-12(14)5-2-8-17-13/h1-2,5-8,11H,3-4,9-10H2,(H,18,20)(H,19,21). The third-order valence-electron chi connectivity index (χ3n) is 3.61. The van der Waals surface area contributed by atoms with Crippen molar-refractivity contribution in [3.63, 3.8) is 0 Å². The van der Waals surface area contributed by atoms with E-state index in [2.05, 4.69) is 15.6 Å². The van der Waals surface area contributed by atoms with E-state index in [0.717, 1.165) is 30.4 Å². The van der Waals surface area contributed by atoms with E-state index in [1.54, 1.807) is 24.4 Å². The number of benzene rings is 1. The number of nitrogens with zero attached hydrogens (tertiary/aromatic N) is 1. The van der Waals surface area contributed by atoms with Crippen molar-refractivity contribution in [2.75, 3.05) is 18.5 Å². The molecule has 2 amide bonds. The Morgan fingerprint density at radius 1 is 1.23 bits per heavy atom. The fraction of sp³-hybridized carbons (Fsp3) is 0.312. The molecular formula is C16H17N3O3. The van der Waals surface area contributed by atoms with Crippen molar-refractivity contribution >= 4 is 28.4 Å². The molecule has 0 aliphatic carbocycles. The number of amides is 2. The highest BCUT2D eigenvalue weighted by atomic mass is 16.5. The zero-order valence-corrected chi connectivity index (χ0v) is 12.0. The first kappa shape index (κ1) is 14.5. The largest absolute Gasteiger partial charge is 0.376 e. The minimum Gasteiger partial charge on any atom is -0.376 e. The number of hydrogen-bond donors (Lipinski definition) is 2. The number of rotatable bonds is 3. The first-order chi connectivity index (χ1) is 10.7. The summed E-state index contributed by atoms with van der Waals surface area (Å²) in [5.41, 5.74) is 1.34. The Morgan fingerprint density at radius 2 is 2.14 bits per heavy atom. The highest BCUT2D eigenvalue weighted by molar-refractivity contribution is 6.40. The van der Waals surface area contributed by atoms with Crippen LogP contribution in [0.3, 0.4) is 0 Å². The summed E-state index contributed by atoms with van der Waals surface area (Å²) in [5, 5.41) is 6.03. The molecule has 2 heterocycles. The molecule has 0 bridgehead atoms. The first-order valence-corrected chi connectivity index (χ1v) is 7.28. The maximum atomic E-state index is 12.0. The third-order valence-corrected chi connectivity index (χ3v) is 3.61. The van der Waals surface area contributed by atoms with Crippen LogP contribution in [0.25, 0.3) is 10.9 Å². The highest BCUT2D eigenvalue weighted by Gasteiger charge is 2.19. The van der Waals surface area contributed by atoms with Gasteiger partial charge in [0.15, 0.2) is 0 Å². The number of nitrogens with one attached hydrogen (secondary N) is 2. The highest BCUT2D eigenvalue weighted by Crippen LogP contribution is 2.21. The molecule has 1 aliphatic heterocycles. The van der Waals surface area contributed by atoms with Gasteiger partial charge in [0.2, 0.25) is 0 Å². The lowest BCUT2D eigenvalue weighted by Gasteiger charge is -2.11. The summed E-state index contributed by atoms with van der Waals surface area (Å²) in [6.45, 7) is 1.08. The number of carbonyl (C=O) groups excluding carboxylic acids is 2. The predicted molar refractivity (Wildman–Crippen MR) is 82.4 cm³/mol. The van der Waals surface area contributed by atoms with Gasteiger partial charge in [0, 0.05) is 24.7 Å². The second kappa shape index (κ2) is 6.53. The van der Waals surface area contributed by atoms with Gasteiger partial charge in [-0.05, 0) is 37.1 Å². The molecule has 6 nitrogen and oxygen atoms in total. The molecule has 3 rings (SSSR count). The summed E-state index contributed by atoms with van der Waals surface area (Å²) < 4.78 is 5.40. The minimum atomic E-state index is -0.686. The quantitative estimate of drug-likeness (QED) is 0.841. The average molecular weight is 299 g/mol. The van der Waals surface area contributed by atoms with Crippen molar-refractivity contribution in [3.05, 3.63) is 36.5 Å². The van der Waals surface area contributed by atoms with E-state index in [1.807, 2.05) is 12.1 Å². The second-order valence-electron chi connectivity index (χ2n) is 5.17. The number of ether oxygens (including phenoxy) is 1. The SMILES string of the molecule is O=C(NCC1CCCO1)C(=O)Nc1cccc2ncccc12. The number of fused-ring (bicyclic) bond motifs is 1. The van der Waals surface area contributed by atoms with Crippen LogP contribution < -0.4 is 10.6 Å². The van der Waals surface area contributed by atoms with E-state index in [1.165, 1.54) is 0 Å². The van der Waals surface area contributed by atoms with Crippen LogP contribution in [0, 0.1) is 0 Å². The molecule has 1 atom stereocenters. The summed E-state index contributed by atoms with van der Waals surface area (Å²) in [7, 11) is 0. The van der Waals surface area contributed by atoms with Crippen LogP contribution in [0.2, 0.25) is 0 Å². The van der Waals surface area contributed by atoms with Crippen LogP contribution in [-0.4, -0.2) is 36.1 Å². The Bertz CT molecular complexity index is 691. The molecule has 2 aromatic rings. The van der Waals surface area contributed by atoms with Gasteiger partial charge < -0.3 is 15.4 Å². The third kappa shape index (κ3) is 3.23. The fourth-order valence-electron chi connectivity index (χ4n) is 2.48. The zero-order chi connectivity index (χ0) is 15.4. The minimum absolute atomic E-state index is 0.0125. The van der Waals surface area contributed by atoms with E-state index in [4.69, 9.17) is 4.74 Å². The van der Waals surface area contributed by atoms with E-state index < -0.39 is 11.8 Å². The predicted octanol–water partition coefficient (Wildman–Crippen LogP) is 1.47. The maximum Gasteiger partial charge on any atom is 0.313 e. The van der Waals surface area contributed by atoms with E-state index >= 15 is 0 Å². The molecule has 1 unspecified atom stereocenters. The Morgan fingerprint density at radius 3 is 2.95 bits per heavy atom. The Kier molecular flexibility index (Phi) is 4.29. The van der Waals surface area contributed by atoms with Crippen molar-refractivity contribution in [1.29, 1.82) is 0 Å². The van der Waals surface area contributed by atoms with Crippen LogP contribution in [0.5, 0.6) is 0 Å². The second-order valence-corrected chi connectivity index (χ2v) is 5.17. The molecule has 0 saturated carbocycles. The molecule has 1 fully saturated rings. The first-order valence-electron chi connectivity index (χ1n) is 7.28. The molecule has 2 N–H and O–H groups in total. The summed E-state index contributed by atoms with van der Waals surface area (Å²) >= 11 is 0. The summed E-state index contributed by atoms with van der Waals surface area (Å²) in [6.07, 6.45) is 3.60. The molecule has 1 aliphatic rings. The molecule has 1 aromatic heterocycles. The molecule has 0 spiro atoms. The summed E-state index contributed by atoms with van der Waals surface area (Å²) in [4.78, 5) is 28.0. The van der Waals surface area contributed by atoms with Gasteiger partial charge in [-0.3, -0.25) is 14.6 Å². The normalized spacial score (nSPS) is 17.4. The van der Waals surface area contributed by atoms with Crippen LogP contribution in [0.1, 0.15) is 12.8 Å². The number of pyridine rings is 1. The van der Waals surface area contributed by atoms with Gasteiger partial charge in [-0.25, -0.2) is 0 Å². The molecular weight excluding hydrogens is 282 g/mol. The van der Waals surface area contributed by atoms with Gasteiger partial charge in [-0.1, -0.05) is 6.07 Å². The van der Waals surface area contributed by atoms with Gasteiger partial charge >= 0.3 is 11.8 Å².